The van der Waals surface area contributed by atoms with Gasteiger partial charge in [0.1, 0.15) is 0 Å². The molecule has 3 aromatic rings. The van der Waals surface area contributed by atoms with Crippen molar-refractivity contribution in [3.63, 3.8) is 0 Å². The number of benzene rings is 2. The third-order valence-corrected chi connectivity index (χ3v) is 4.45. The summed E-state index contributed by atoms with van der Waals surface area (Å²) in [4.78, 5) is 24.7. The quantitative estimate of drug-likeness (QED) is 0.544. The third-order valence-electron chi connectivity index (χ3n) is 3.76. The monoisotopic (exact) mass is 398 g/mol. The van der Waals surface area contributed by atoms with Crippen molar-refractivity contribution in [1.29, 1.82) is 0 Å². The van der Waals surface area contributed by atoms with E-state index in [4.69, 9.17) is 0 Å². The van der Waals surface area contributed by atoms with Crippen LogP contribution in [0.5, 0.6) is 0 Å². The molecule has 1 N–H and O–H groups in total. The molecule has 1 aromatic heterocycles. The fourth-order valence-electron chi connectivity index (χ4n) is 2.47. The molecular formula is C18H15BrN4O2. The molecule has 1 heterocycles. The van der Waals surface area contributed by atoms with Crippen molar-refractivity contribution in [2.75, 3.05) is 0 Å². The lowest BCUT2D eigenvalue weighted by Crippen LogP contribution is -2.27. The van der Waals surface area contributed by atoms with Crippen LogP contribution in [0.25, 0.3) is 10.8 Å². The molecule has 25 heavy (non-hydrogen) atoms. The fourth-order valence-corrected chi connectivity index (χ4v) is 3.04. The summed E-state index contributed by atoms with van der Waals surface area (Å²) in [5.41, 5.74) is 3.94. The van der Waals surface area contributed by atoms with Crippen molar-refractivity contribution in [1.82, 2.24) is 15.2 Å². The zero-order chi connectivity index (χ0) is 18.0. The first kappa shape index (κ1) is 17.0. The number of rotatable bonds is 3. The number of hydrazone groups is 1. The predicted molar refractivity (Wildman–Crippen MR) is 101 cm³/mol. The molecule has 0 aliphatic rings. The van der Waals surface area contributed by atoms with Crippen LogP contribution >= 0.6 is 15.9 Å². The second kappa shape index (κ2) is 6.98. The molecule has 0 atom stereocenters. The van der Waals surface area contributed by atoms with E-state index in [-0.39, 0.29) is 11.3 Å². The number of hydrogen-bond donors (Lipinski definition) is 1. The number of amides is 1. The zero-order valence-electron chi connectivity index (χ0n) is 13.7. The Labute approximate surface area is 152 Å². The van der Waals surface area contributed by atoms with Gasteiger partial charge in [-0.25, -0.2) is 10.1 Å². The first-order chi connectivity index (χ1) is 12.0. The Morgan fingerprint density at radius 3 is 2.48 bits per heavy atom. The number of nitrogens with zero attached hydrogens (tertiary/aromatic N) is 3. The van der Waals surface area contributed by atoms with Crippen LogP contribution in [0.15, 0.2) is 62.9 Å². The molecule has 0 saturated carbocycles. The summed E-state index contributed by atoms with van der Waals surface area (Å²) in [6.07, 6.45) is 0. The highest BCUT2D eigenvalue weighted by Gasteiger charge is 2.15. The van der Waals surface area contributed by atoms with Crippen molar-refractivity contribution in [3.8, 4) is 0 Å². The number of halogens is 1. The van der Waals surface area contributed by atoms with Crippen molar-refractivity contribution >= 4 is 38.3 Å². The van der Waals surface area contributed by atoms with E-state index in [0.29, 0.717) is 16.5 Å². The van der Waals surface area contributed by atoms with E-state index in [9.17, 15) is 9.59 Å². The Kier molecular flexibility index (Phi) is 4.76. The van der Waals surface area contributed by atoms with E-state index in [0.717, 1.165) is 14.7 Å². The lowest BCUT2D eigenvalue weighted by Gasteiger charge is -2.08. The standard InChI is InChI=1S/C18H15BrN4O2/c1-11(12-7-5-6-10-15(12)19)20-21-17(24)16-13-8-3-4-9-14(13)18(25)23(2)22-16/h3-10H,1-2H3,(H,21,24)/b20-11+. The molecular weight excluding hydrogens is 384 g/mol. The summed E-state index contributed by atoms with van der Waals surface area (Å²) in [5.74, 6) is -0.474. The van der Waals surface area contributed by atoms with Crippen molar-refractivity contribution in [2.24, 2.45) is 12.1 Å². The fraction of sp³-hybridized carbons (Fsp3) is 0.111. The number of fused-ring (bicyclic) bond motifs is 1. The van der Waals surface area contributed by atoms with Crippen LogP contribution in [0.4, 0.5) is 0 Å². The molecule has 2 aromatic carbocycles. The van der Waals surface area contributed by atoms with Crippen molar-refractivity contribution in [3.05, 3.63) is 74.6 Å². The highest BCUT2D eigenvalue weighted by molar-refractivity contribution is 9.10. The molecule has 0 spiro atoms. The molecule has 126 valence electrons. The highest BCUT2D eigenvalue weighted by atomic mass is 79.9. The third kappa shape index (κ3) is 3.36. The summed E-state index contributed by atoms with van der Waals surface area (Å²) in [6.45, 7) is 1.80. The van der Waals surface area contributed by atoms with E-state index in [1.54, 1.807) is 31.2 Å². The molecule has 0 aliphatic carbocycles. The molecule has 0 aliphatic heterocycles. The average molecular weight is 399 g/mol. The van der Waals surface area contributed by atoms with Gasteiger partial charge in [0.2, 0.25) is 0 Å². The van der Waals surface area contributed by atoms with Gasteiger partial charge in [0.05, 0.1) is 11.1 Å². The second-order valence-electron chi connectivity index (χ2n) is 5.44. The predicted octanol–water partition coefficient (Wildman–Crippen LogP) is 2.85. The van der Waals surface area contributed by atoms with E-state index < -0.39 is 5.91 Å². The van der Waals surface area contributed by atoms with E-state index in [2.05, 4.69) is 31.6 Å². The molecule has 0 bridgehead atoms. The molecule has 0 radical (unpaired) electrons. The van der Waals surface area contributed by atoms with E-state index >= 15 is 0 Å². The molecule has 3 rings (SSSR count). The van der Waals surface area contributed by atoms with Crippen LogP contribution in [0, 0.1) is 0 Å². The largest absolute Gasteiger partial charge is 0.292 e. The van der Waals surface area contributed by atoms with Gasteiger partial charge < -0.3 is 0 Å². The van der Waals surface area contributed by atoms with Crippen LogP contribution in [-0.2, 0) is 7.05 Å². The van der Waals surface area contributed by atoms with Gasteiger partial charge in [0.25, 0.3) is 11.5 Å². The lowest BCUT2D eigenvalue weighted by atomic mass is 10.1. The Morgan fingerprint density at radius 2 is 1.76 bits per heavy atom. The van der Waals surface area contributed by atoms with Crippen LogP contribution in [0.3, 0.4) is 0 Å². The summed E-state index contributed by atoms with van der Waals surface area (Å²) in [6, 6.07) is 14.5. The normalized spacial score (nSPS) is 11.6. The second-order valence-corrected chi connectivity index (χ2v) is 6.30. The summed E-state index contributed by atoms with van der Waals surface area (Å²) in [7, 11) is 1.52. The van der Waals surface area contributed by atoms with Crippen LogP contribution < -0.4 is 11.0 Å². The molecule has 0 saturated heterocycles. The van der Waals surface area contributed by atoms with Gasteiger partial charge in [-0.15, -0.1) is 0 Å². The highest BCUT2D eigenvalue weighted by Crippen LogP contribution is 2.17. The smallest absolute Gasteiger partial charge is 0.267 e. The lowest BCUT2D eigenvalue weighted by molar-refractivity contribution is 0.0949. The summed E-state index contributed by atoms with van der Waals surface area (Å²) in [5, 5.41) is 9.17. The van der Waals surface area contributed by atoms with Gasteiger partial charge in [0, 0.05) is 22.5 Å². The maximum atomic E-state index is 12.5. The minimum absolute atomic E-state index is 0.154. The summed E-state index contributed by atoms with van der Waals surface area (Å²) >= 11 is 3.45. The molecule has 1 amide bonds. The zero-order valence-corrected chi connectivity index (χ0v) is 15.2. The van der Waals surface area contributed by atoms with Gasteiger partial charge >= 0.3 is 0 Å². The molecule has 7 heteroatoms. The average Bonchev–Trinajstić information content (AvgIpc) is 2.63. The van der Waals surface area contributed by atoms with Crippen LogP contribution in [-0.4, -0.2) is 21.4 Å². The maximum Gasteiger partial charge on any atom is 0.292 e. The number of carbonyl (C=O) groups excluding carboxylic acids is 1. The number of carbonyl (C=O) groups is 1. The minimum Gasteiger partial charge on any atom is -0.267 e. The molecule has 6 nitrogen and oxygen atoms in total. The Morgan fingerprint density at radius 1 is 1.12 bits per heavy atom. The molecule has 0 fully saturated rings. The van der Waals surface area contributed by atoms with E-state index in [1.165, 1.54) is 7.05 Å². The Bertz CT molecular complexity index is 1060. The number of aromatic nitrogens is 2. The maximum absolute atomic E-state index is 12.5. The van der Waals surface area contributed by atoms with Gasteiger partial charge in [-0.05, 0) is 19.1 Å². The van der Waals surface area contributed by atoms with Crippen molar-refractivity contribution in [2.45, 2.75) is 6.92 Å². The van der Waals surface area contributed by atoms with Gasteiger partial charge in [-0.2, -0.15) is 10.2 Å². The van der Waals surface area contributed by atoms with Crippen molar-refractivity contribution < 1.29 is 4.79 Å². The Hall–Kier alpha value is -2.80. The van der Waals surface area contributed by atoms with Gasteiger partial charge in [-0.3, -0.25) is 9.59 Å². The van der Waals surface area contributed by atoms with Crippen LogP contribution in [0.1, 0.15) is 23.0 Å². The SMILES string of the molecule is C/C(=N\NC(=O)c1nn(C)c(=O)c2ccccc12)c1ccccc1Br. The number of aryl methyl sites for hydroxylation is 1. The van der Waals surface area contributed by atoms with Gasteiger partial charge in [-0.1, -0.05) is 52.3 Å². The van der Waals surface area contributed by atoms with Crippen LogP contribution in [0.2, 0.25) is 0 Å². The first-order valence-corrected chi connectivity index (χ1v) is 8.34. The molecule has 0 unspecified atom stereocenters. The Balaban J connectivity index is 1.96. The van der Waals surface area contributed by atoms with E-state index in [1.807, 2.05) is 24.3 Å². The minimum atomic E-state index is -0.474. The number of nitrogens with one attached hydrogen (secondary N) is 1. The van der Waals surface area contributed by atoms with Gasteiger partial charge in [0.15, 0.2) is 5.69 Å². The topological polar surface area (TPSA) is 76.3 Å². The summed E-state index contributed by atoms with van der Waals surface area (Å²) < 4.78 is 2.04. The number of hydrogen-bond acceptors (Lipinski definition) is 4. The first-order valence-electron chi connectivity index (χ1n) is 7.54.